The third-order valence-corrected chi connectivity index (χ3v) is 6.85. The van der Waals surface area contributed by atoms with Crippen LogP contribution in [-0.4, -0.2) is 46.3 Å². The molecule has 0 aliphatic rings. The van der Waals surface area contributed by atoms with Crippen molar-refractivity contribution in [1.29, 1.82) is 0 Å². The number of pyridine rings is 1. The van der Waals surface area contributed by atoms with Gasteiger partial charge in [-0.25, -0.2) is 13.4 Å². The van der Waals surface area contributed by atoms with Crippen LogP contribution in [0.3, 0.4) is 0 Å². The van der Waals surface area contributed by atoms with Crippen LogP contribution in [0, 0.1) is 0 Å². The highest BCUT2D eigenvalue weighted by Crippen LogP contribution is 2.23. The molecule has 0 unspecified atom stereocenters. The highest BCUT2D eigenvalue weighted by Gasteiger charge is 2.22. The van der Waals surface area contributed by atoms with Crippen molar-refractivity contribution in [2.45, 2.75) is 31.6 Å². The van der Waals surface area contributed by atoms with Gasteiger partial charge in [0.25, 0.3) is 0 Å². The number of benzene rings is 1. The fourth-order valence-electron chi connectivity index (χ4n) is 3.21. The van der Waals surface area contributed by atoms with E-state index in [-0.39, 0.29) is 17.2 Å². The van der Waals surface area contributed by atoms with E-state index < -0.39 is 10.0 Å². The lowest BCUT2D eigenvalue weighted by molar-refractivity contribution is -0.116. The van der Waals surface area contributed by atoms with Gasteiger partial charge in [-0.3, -0.25) is 9.78 Å². The second kappa shape index (κ2) is 8.71. The first-order valence-corrected chi connectivity index (χ1v) is 11.0. The van der Waals surface area contributed by atoms with Gasteiger partial charge in [-0.2, -0.15) is 4.31 Å². The zero-order chi connectivity index (χ0) is 21.0. The summed E-state index contributed by atoms with van der Waals surface area (Å²) in [6, 6.07) is 8.50. The average Bonchev–Trinajstić information content (AvgIpc) is 3.03. The Kier molecular flexibility index (Phi) is 6.29. The molecule has 0 radical (unpaired) electrons. The quantitative estimate of drug-likeness (QED) is 0.610. The predicted octanol–water partition coefficient (Wildman–Crippen LogP) is 2.57. The molecule has 2 heterocycles. The number of carbonyl (C=O) groups excluding carboxylic acids is 1. The van der Waals surface area contributed by atoms with Gasteiger partial charge in [-0.1, -0.05) is 13.8 Å². The first-order valence-electron chi connectivity index (χ1n) is 9.52. The number of rotatable bonds is 8. The van der Waals surface area contributed by atoms with Gasteiger partial charge in [-0.15, -0.1) is 0 Å². The van der Waals surface area contributed by atoms with E-state index in [4.69, 9.17) is 0 Å². The van der Waals surface area contributed by atoms with Crippen molar-refractivity contribution in [1.82, 2.24) is 18.8 Å². The minimum atomic E-state index is -3.54. The summed E-state index contributed by atoms with van der Waals surface area (Å²) >= 11 is 0. The van der Waals surface area contributed by atoms with Crippen molar-refractivity contribution in [3.63, 3.8) is 0 Å². The van der Waals surface area contributed by atoms with Crippen LogP contribution in [0.15, 0.2) is 47.6 Å². The van der Waals surface area contributed by atoms with Crippen LogP contribution in [-0.2, 0) is 28.3 Å². The van der Waals surface area contributed by atoms with Gasteiger partial charge >= 0.3 is 0 Å². The highest BCUT2D eigenvalue weighted by atomic mass is 32.2. The Balaban J connectivity index is 1.78. The number of amides is 1. The van der Waals surface area contributed by atoms with Crippen molar-refractivity contribution in [2.24, 2.45) is 7.05 Å². The van der Waals surface area contributed by atoms with Crippen LogP contribution in [0.1, 0.15) is 26.1 Å². The van der Waals surface area contributed by atoms with Crippen LogP contribution in [0.4, 0.5) is 5.69 Å². The molecule has 0 saturated carbocycles. The molecule has 0 atom stereocenters. The van der Waals surface area contributed by atoms with Gasteiger partial charge in [0.15, 0.2) is 0 Å². The topological polar surface area (TPSA) is 97.2 Å². The minimum Gasteiger partial charge on any atom is -0.331 e. The van der Waals surface area contributed by atoms with E-state index in [0.29, 0.717) is 30.7 Å². The summed E-state index contributed by atoms with van der Waals surface area (Å²) in [5.74, 6) is 0.591. The molecule has 9 heteroatoms. The normalized spacial score (nSPS) is 11.9. The maximum atomic E-state index is 12.8. The fraction of sp³-hybridized carbons (Fsp3) is 0.350. The molecule has 3 aromatic rings. The van der Waals surface area contributed by atoms with Crippen molar-refractivity contribution in [3.05, 3.63) is 48.5 Å². The summed E-state index contributed by atoms with van der Waals surface area (Å²) < 4.78 is 28.8. The lowest BCUT2D eigenvalue weighted by atomic mass is 10.2. The number of hydrogen-bond donors (Lipinski definition) is 1. The lowest BCUT2D eigenvalue weighted by Gasteiger charge is -2.18. The van der Waals surface area contributed by atoms with Crippen LogP contribution in [0.25, 0.3) is 11.0 Å². The minimum absolute atomic E-state index is 0.130. The van der Waals surface area contributed by atoms with Crippen LogP contribution < -0.4 is 5.32 Å². The molecule has 1 aromatic carbocycles. The number of hydrogen-bond acceptors (Lipinski definition) is 5. The first-order chi connectivity index (χ1) is 13.9. The summed E-state index contributed by atoms with van der Waals surface area (Å²) in [4.78, 5) is 20.9. The number of imidazole rings is 1. The van der Waals surface area contributed by atoms with E-state index >= 15 is 0 Å². The van der Waals surface area contributed by atoms with Crippen LogP contribution in [0.2, 0.25) is 0 Å². The van der Waals surface area contributed by atoms with E-state index in [2.05, 4.69) is 15.3 Å². The van der Waals surface area contributed by atoms with Gasteiger partial charge < -0.3 is 9.88 Å². The van der Waals surface area contributed by atoms with Gasteiger partial charge in [0.2, 0.25) is 15.9 Å². The monoisotopic (exact) mass is 415 g/mol. The molecule has 0 bridgehead atoms. The summed E-state index contributed by atoms with van der Waals surface area (Å²) in [7, 11) is -1.68. The maximum absolute atomic E-state index is 12.8. The number of nitrogens with zero attached hydrogens (tertiary/aromatic N) is 4. The Morgan fingerprint density at radius 1 is 1.21 bits per heavy atom. The second-order valence-electron chi connectivity index (χ2n) is 6.62. The third-order valence-electron chi connectivity index (χ3n) is 4.81. The smallest absolute Gasteiger partial charge is 0.243 e. The maximum Gasteiger partial charge on any atom is 0.243 e. The van der Waals surface area contributed by atoms with E-state index in [1.165, 1.54) is 4.31 Å². The van der Waals surface area contributed by atoms with E-state index in [9.17, 15) is 13.2 Å². The number of aromatic nitrogens is 3. The molecular formula is C20H25N5O3S. The van der Waals surface area contributed by atoms with Crippen LogP contribution in [0.5, 0.6) is 0 Å². The van der Waals surface area contributed by atoms with Crippen molar-refractivity contribution in [3.8, 4) is 0 Å². The molecule has 0 spiro atoms. The van der Waals surface area contributed by atoms with E-state index in [1.54, 1.807) is 42.7 Å². The summed E-state index contributed by atoms with van der Waals surface area (Å²) in [6.45, 7) is 4.46. The Labute approximate surface area is 170 Å². The molecule has 29 heavy (non-hydrogen) atoms. The SMILES string of the molecule is CCN(CC)S(=O)(=O)c1ccc2c(c1)nc(CCC(=O)Nc1cccnc1)n2C. The molecule has 8 nitrogen and oxygen atoms in total. The molecule has 0 saturated heterocycles. The average molecular weight is 416 g/mol. The zero-order valence-corrected chi connectivity index (χ0v) is 17.6. The Morgan fingerprint density at radius 3 is 2.62 bits per heavy atom. The van der Waals surface area contributed by atoms with Crippen molar-refractivity contribution < 1.29 is 13.2 Å². The Hall–Kier alpha value is -2.78. The van der Waals surface area contributed by atoms with Crippen molar-refractivity contribution >= 4 is 32.7 Å². The third kappa shape index (κ3) is 4.46. The van der Waals surface area contributed by atoms with Crippen molar-refractivity contribution in [2.75, 3.05) is 18.4 Å². The number of nitrogens with one attached hydrogen (secondary N) is 1. The van der Waals surface area contributed by atoms with E-state index in [1.807, 2.05) is 25.5 Å². The molecule has 154 valence electrons. The summed E-state index contributed by atoms with van der Waals surface area (Å²) in [5, 5.41) is 2.80. The molecule has 0 aliphatic heterocycles. The first kappa shape index (κ1) is 20.9. The molecule has 0 fully saturated rings. The molecule has 1 N–H and O–H groups in total. The van der Waals surface area contributed by atoms with Gasteiger partial charge in [0.1, 0.15) is 5.82 Å². The number of anilines is 1. The highest BCUT2D eigenvalue weighted by molar-refractivity contribution is 7.89. The number of fused-ring (bicyclic) bond motifs is 1. The standard InChI is InChI=1S/C20H25N5O3S/c1-4-25(5-2)29(27,28)16-8-9-18-17(13-16)23-19(24(18)3)10-11-20(26)22-15-7-6-12-21-14-15/h6-9,12-14H,4-5,10-11H2,1-3H3,(H,22,26). The Morgan fingerprint density at radius 2 is 1.97 bits per heavy atom. The number of aryl methyl sites for hydroxylation is 2. The molecule has 1 amide bonds. The molecule has 3 rings (SSSR count). The summed E-state index contributed by atoms with van der Waals surface area (Å²) in [6.07, 6.45) is 3.93. The largest absolute Gasteiger partial charge is 0.331 e. The fourth-order valence-corrected chi connectivity index (χ4v) is 4.69. The Bertz CT molecular complexity index is 1110. The lowest BCUT2D eigenvalue weighted by Crippen LogP contribution is -2.30. The molecule has 2 aromatic heterocycles. The zero-order valence-electron chi connectivity index (χ0n) is 16.8. The predicted molar refractivity (Wildman–Crippen MR) is 112 cm³/mol. The van der Waals surface area contributed by atoms with Crippen LogP contribution >= 0.6 is 0 Å². The number of carbonyl (C=O) groups is 1. The molecule has 0 aliphatic carbocycles. The second-order valence-corrected chi connectivity index (χ2v) is 8.55. The van der Waals surface area contributed by atoms with E-state index in [0.717, 1.165) is 11.3 Å². The molecular weight excluding hydrogens is 390 g/mol. The van der Waals surface area contributed by atoms with Gasteiger partial charge in [-0.05, 0) is 30.3 Å². The number of sulfonamides is 1. The van der Waals surface area contributed by atoms with Gasteiger partial charge in [0, 0.05) is 39.2 Å². The summed E-state index contributed by atoms with van der Waals surface area (Å²) in [5.41, 5.74) is 2.07. The van der Waals surface area contributed by atoms with Gasteiger partial charge in [0.05, 0.1) is 27.8 Å².